The van der Waals surface area contributed by atoms with E-state index < -0.39 is 10.1 Å². The maximum absolute atomic E-state index is 11.7. The molecule has 27 heavy (non-hydrogen) atoms. The van der Waals surface area contributed by atoms with Crippen molar-refractivity contribution in [3.63, 3.8) is 0 Å². The molecular formula is C22H31NaO3S. The predicted molar refractivity (Wildman–Crippen MR) is 108 cm³/mol. The van der Waals surface area contributed by atoms with Crippen LogP contribution in [0.25, 0.3) is 10.8 Å². The Kier molecular flexibility index (Phi) is 11.2. The molecule has 2 aromatic carbocycles. The first-order valence-corrected chi connectivity index (χ1v) is 11.4. The summed E-state index contributed by atoms with van der Waals surface area (Å²) in [7, 11) is -4.45. The van der Waals surface area contributed by atoms with E-state index in [0.717, 1.165) is 60.4 Å². The van der Waals surface area contributed by atoms with Gasteiger partial charge in [-0.2, -0.15) is 0 Å². The molecule has 0 heterocycles. The molecule has 0 radical (unpaired) electrons. The molecule has 3 nitrogen and oxygen atoms in total. The Morgan fingerprint density at radius 3 is 1.93 bits per heavy atom. The van der Waals surface area contributed by atoms with Crippen molar-refractivity contribution in [1.82, 2.24) is 0 Å². The first-order valence-electron chi connectivity index (χ1n) is 9.97. The van der Waals surface area contributed by atoms with Gasteiger partial charge in [-0.05, 0) is 59.7 Å². The number of hydrogen-bond donors (Lipinski definition) is 0. The molecule has 0 aromatic heterocycles. The molecule has 0 saturated heterocycles. The smallest absolute Gasteiger partial charge is 0.744 e. The molecule has 0 aliphatic rings. The number of rotatable bonds is 11. The van der Waals surface area contributed by atoms with E-state index in [2.05, 4.69) is 32.0 Å². The predicted octanol–water partition coefficient (Wildman–Crippen LogP) is 2.99. The number of hydrogen-bond acceptors (Lipinski definition) is 3. The summed E-state index contributed by atoms with van der Waals surface area (Å²) in [4.78, 5) is -0.0866. The SMILES string of the molecule is CCCCCCc1cc(S(=O)(=O)[O-])cc2c(CCCCCC)cccc12.[Na+]. The van der Waals surface area contributed by atoms with Gasteiger partial charge in [-0.15, -0.1) is 0 Å². The van der Waals surface area contributed by atoms with E-state index in [-0.39, 0.29) is 34.5 Å². The van der Waals surface area contributed by atoms with Gasteiger partial charge in [0.2, 0.25) is 0 Å². The van der Waals surface area contributed by atoms with Crippen molar-refractivity contribution in [1.29, 1.82) is 0 Å². The minimum absolute atomic E-state index is 0. The van der Waals surface area contributed by atoms with E-state index in [1.54, 1.807) is 12.1 Å². The van der Waals surface area contributed by atoms with Crippen LogP contribution in [0.3, 0.4) is 0 Å². The van der Waals surface area contributed by atoms with Gasteiger partial charge in [0, 0.05) is 0 Å². The van der Waals surface area contributed by atoms with Gasteiger partial charge in [0.25, 0.3) is 0 Å². The summed E-state index contributed by atoms with van der Waals surface area (Å²) in [5, 5.41) is 2.04. The summed E-state index contributed by atoms with van der Waals surface area (Å²) in [6, 6.07) is 9.36. The molecule has 5 heteroatoms. The van der Waals surface area contributed by atoms with Crippen LogP contribution in [0, 0.1) is 0 Å². The van der Waals surface area contributed by atoms with Crippen molar-refractivity contribution in [3.8, 4) is 0 Å². The quantitative estimate of drug-likeness (QED) is 0.332. The molecule has 0 unspecified atom stereocenters. The third-order valence-corrected chi connectivity index (χ3v) is 5.85. The Hall–Kier alpha value is -0.390. The molecule has 0 N–H and O–H groups in total. The summed E-state index contributed by atoms with van der Waals surface area (Å²) in [5.74, 6) is 0. The third kappa shape index (κ3) is 7.51. The molecule has 0 aliphatic heterocycles. The molecule has 0 bridgehead atoms. The van der Waals surface area contributed by atoms with Crippen molar-refractivity contribution < 1.29 is 42.5 Å². The molecule has 0 spiro atoms. The van der Waals surface area contributed by atoms with Gasteiger partial charge in [-0.3, -0.25) is 0 Å². The van der Waals surface area contributed by atoms with Crippen molar-refractivity contribution in [3.05, 3.63) is 41.5 Å². The van der Waals surface area contributed by atoms with Crippen LogP contribution in [0.15, 0.2) is 35.2 Å². The van der Waals surface area contributed by atoms with E-state index in [0.29, 0.717) is 0 Å². The number of fused-ring (bicyclic) bond motifs is 1. The van der Waals surface area contributed by atoms with E-state index in [1.165, 1.54) is 25.7 Å². The fourth-order valence-corrected chi connectivity index (χ4v) is 4.10. The molecule has 0 saturated carbocycles. The number of aryl methyl sites for hydroxylation is 2. The van der Waals surface area contributed by atoms with Gasteiger partial charge in [0.1, 0.15) is 10.1 Å². The Labute approximate surface area is 187 Å². The third-order valence-electron chi connectivity index (χ3n) is 5.03. The first-order chi connectivity index (χ1) is 12.5. The second-order valence-corrected chi connectivity index (χ2v) is 8.55. The summed E-state index contributed by atoms with van der Waals surface area (Å²) < 4.78 is 35.0. The van der Waals surface area contributed by atoms with Crippen LogP contribution in [0.5, 0.6) is 0 Å². The zero-order valence-corrected chi connectivity index (χ0v) is 19.9. The van der Waals surface area contributed by atoms with Gasteiger partial charge < -0.3 is 4.55 Å². The normalized spacial score (nSPS) is 11.5. The van der Waals surface area contributed by atoms with Crippen molar-refractivity contribution in [2.45, 2.75) is 83.0 Å². The molecule has 0 fully saturated rings. The molecule has 144 valence electrons. The van der Waals surface area contributed by atoms with Crippen LogP contribution in [-0.4, -0.2) is 13.0 Å². The second-order valence-electron chi connectivity index (χ2n) is 7.17. The van der Waals surface area contributed by atoms with E-state index >= 15 is 0 Å². The van der Waals surface area contributed by atoms with Crippen LogP contribution >= 0.6 is 0 Å². The van der Waals surface area contributed by atoms with E-state index in [4.69, 9.17) is 0 Å². The molecule has 2 rings (SSSR count). The molecule has 0 atom stereocenters. The Morgan fingerprint density at radius 1 is 0.778 bits per heavy atom. The minimum Gasteiger partial charge on any atom is -0.744 e. The fourth-order valence-electron chi connectivity index (χ4n) is 3.55. The van der Waals surface area contributed by atoms with E-state index in [1.807, 2.05) is 0 Å². The summed E-state index contributed by atoms with van der Waals surface area (Å²) in [6.45, 7) is 4.36. The average molecular weight is 399 g/mol. The van der Waals surface area contributed by atoms with Crippen molar-refractivity contribution in [2.24, 2.45) is 0 Å². The van der Waals surface area contributed by atoms with Crippen LogP contribution in [0.4, 0.5) is 0 Å². The maximum atomic E-state index is 11.7. The van der Waals surface area contributed by atoms with Gasteiger partial charge in [-0.1, -0.05) is 70.6 Å². The van der Waals surface area contributed by atoms with Gasteiger partial charge >= 0.3 is 29.6 Å². The molecular weight excluding hydrogens is 367 g/mol. The monoisotopic (exact) mass is 398 g/mol. The fraction of sp³-hybridized carbons (Fsp3) is 0.545. The summed E-state index contributed by atoms with van der Waals surface area (Å²) in [6.07, 6.45) is 10.9. The second kappa shape index (κ2) is 12.2. The Bertz CT molecular complexity index is 816. The number of unbranched alkanes of at least 4 members (excludes halogenated alkanes) is 6. The zero-order chi connectivity index (χ0) is 19.0. The maximum Gasteiger partial charge on any atom is 1.00 e. The topological polar surface area (TPSA) is 57.2 Å². The van der Waals surface area contributed by atoms with Crippen LogP contribution < -0.4 is 29.6 Å². The van der Waals surface area contributed by atoms with Crippen LogP contribution in [0.1, 0.15) is 76.3 Å². The summed E-state index contributed by atoms with van der Waals surface area (Å²) in [5.41, 5.74) is 2.14. The van der Waals surface area contributed by atoms with Crippen molar-refractivity contribution >= 4 is 20.9 Å². The van der Waals surface area contributed by atoms with Gasteiger partial charge in [0.15, 0.2) is 0 Å². The minimum atomic E-state index is -4.45. The molecule has 2 aromatic rings. The molecule has 0 aliphatic carbocycles. The van der Waals surface area contributed by atoms with Crippen molar-refractivity contribution in [2.75, 3.05) is 0 Å². The number of benzene rings is 2. The average Bonchev–Trinajstić information content (AvgIpc) is 2.61. The first kappa shape index (κ1) is 24.6. The largest absolute Gasteiger partial charge is 1.00 e. The van der Waals surface area contributed by atoms with Gasteiger partial charge in [-0.25, -0.2) is 8.42 Å². The standard InChI is InChI=1S/C22H32O3S.Na/c1-3-5-7-9-12-18-14-11-15-21-19(13-10-8-6-4-2)16-20(17-22(18)21)26(23,24)25;/h11,14-17H,3-10,12-13H2,1-2H3,(H,23,24,25);/q;+1/p-1. The Balaban J connectivity index is 0.00000364. The van der Waals surface area contributed by atoms with E-state index in [9.17, 15) is 13.0 Å². The summed E-state index contributed by atoms with van der Waals surface area (Å²) >= 11 is 0. The van der Waals surface area contributed by atoms with Crippen LogP contribution in [-0.2, 0) is 23.0 Å². The molecule has 0 amide bonds. The Morgan fingerprint density at radius 2 is 1.37 bits per heavy atom. The van der Waals surface area contributed by atoms with Gasteiger partial charge in [0.05, 0.1) is 4.90 Å². The zero-order valence-electron chi connectivity index (χ0n) is 17.1. The van der Waals surface area contributed by atoms with Crippen LogP contribution in [0.2, 0.25) is 0 Å².